The molecule has 4 heteroatoms. The molecule has 1 aliphatic rings. The van der Waals surface area contributed by atoms with Crippen molar-refractivity contribution in [3.8, 4) is 0 Å². The van der Waals surface area contributed by atoms with Crippen molar-refractivity contribution >= 4 is 11.3 Å². The molecular formula is C8H10N2OS. The fraction of sp³-hybridized carbons (Fsp3) is 0.500. The van der Waals surface area contributed by atoms with E-state index >= 15 is 0 Å². The summed E-state index contributed by atoms with van der Waals surface area (Å²) in [5.41, 5.74) is 0. The third kappa shape index (κ3) is 1.22. The fourth-order valence-corrected chi connectivity index (χ4v) is 2.49. The summed E-state index contributed by atoms with van der Waals surface area (Å²) < 4.78 is 0. The van der Waals surface area contributed by atoms with Crippen LogP contribution in [0.1, 0.15) is 23.8 Å². The van der Waals surface area contributed by atoms with Crippen molar-refractivity contribution in [3.05, 3.63) is 27.3 Å². The summed E-state index contributed by atoms with van der Waals surface area (Å²) in [5, 5.41) is 6.70. The van der Waals surface area contributed by atoms with Crippen LogP contribution in [0.25, 0.3) is 0 Å². The van der Waals surface area contributed by atoms with Crippen molar-refractivity contribution in [3.63, 3.8) is 0 Å². The lowest BCUT2D eigenvalue weighted by atomic mass is 10.2. The molecule has 2 rings (SSSR count). The van der Waals surface area contributed by atoms with E-state index in [9.17, 15) is 4.91 Å². The quantitative estimate of drug-likeness (QED) is 0.658. The zero-order valence-electron chi connectivity index (χ0n) is 6.64. The van der Waals surface area contributed by atoms with Crippen LogP contribution >= 0.6 is 11.3 Å². The van der Waals surface area contributed by atoms with E-state index in [2.05, 4.69) is 11.4 Å². The summed E-state index contributed by atoms with van der Waals surface area (Å²) >= 11 is 1.70. The fourth-order valence-electron chi connectivity index (χ4n) is 1.62. The van der Waals surface area contributed by atoms with Gasteiger partial charge in [0.25, 0.3) is 0 Å². The molecule has 0 aromatic carbocycles. The minimum atomic E-state index is 0.252. The Bertz CT molecular complexity index is 260. The molecule has 1 atom stereocenters. The average molecular weight is 182 g/mol. The van der Waals surface area contributed by atoms with Crippen LogP contribution in [0.15, 0.2) is 22.8 Å². The van der Waals surface area contributed by atoms with Gasteiger partial charge < -0.3 is 0 Å². The van der Waals surface area contributed by atoms with E-state index in [1.54, 1.807) is 16.3 Å². The van der Waals surface area contributed by atoms with Gasteiger partial charge in [0.1, 0.15) is 0 Å². The first-order valence-electron chi connectivity index (χ1n) is 4.05. The van der Waals surface area contributed by atoms with Crippen molar-refractivity contribution in [2.75, 3.05) is 6.54 Å². The van der Waals surface area contributed by atoms with E-state index in [1.807, 2.05) is 11.4 Å². The summed E-state index contributed by atoms with van der Waals surface area (Å²) in [6, 6.07) is 4.34. The summed E-state index contributed by atoms with van der Waals surface area (Å²) in [4.78, 5) is 11.6. The highest BCUT2D eigenvalue weighted by atomic mass is 32.1. The Hall–Kier alpha value is -0.900. The molecule has 0 saturated carbocycles. The van der Waals surface area contributed by atoms with Crippen molar-refractivity contribution in [2.24, 2.45) is 5.29 Å². The minimum Gasteiger partial charge on any atom is -0.253 e. The van der Waals surface area contributed by atoms with Gasteiger partial charge in [0.2, 0.25) is 0 Å². The van der Waals surface area contributed by atoms with Gasteiger partial charge in [0.15, 0.2) is 0 Å². The molecule has 12 heavy (non-hydrogen) atoms. The molecule has 1 aromatic heterocycles. The second kappa shape index (κ2) is 3.23. The number of hydrogen-bond acceptors (Lipinski definition) is 3. The monoisotopic (exact) mass is 182 g/mol. The van der Waals surface area contributed by atoms with Crippen molar-refractivity contribution < 1.29 is 0 Å². The molecule has 0 aliphatic carbocycles. The Morgan fingerprint density at radius 3 is 3.25 bits per heavy atom. The van der Waals surface area contributed by atoms with Gasteiger partial charge in [-0.2, -0.15) is 0 Å². The predicted molar refractivity (Wildman–Crippen MR) is 48.8 cm³/mol. The first kappa shape index (κ1) is 7.73. The normalized spacial score (nSPS) is 23.0. The molecule has 0 bridgehead atoms. The molecule has 3 nitrogen and oxygen atoms in total. The molecule has 0 radical (unpaired) electrons. The lowest BCUT2D eigenvalue weighted by Crippen LogP contribution is -2.14. The molecule has 0 N–H and O–H groups in total. The molecule has 0 spiro atoms. The summed E-state index contributed by atoms with van der Waals surface area (Å²) in [6.07, 6.45) is 2.14. The van der Waals surface area contributed by atoms with Gasteiger partial charge in [-0.05, 0) is 24.3 Å². The molecule has 1 aromatic rings. The van der Waals surface area contributed by atoms with Gasteiger partial charge in [-0.3, -0.25) is 5.01 Å². The maximum atomic E-state index is 10.4. The van der Waals surface area contributed by atoms with Crippen LogP contribution in [-0.4, -0.2) is 11.6 Å². The van der Waals surface area contributed by atoms with Crippen LogP contribution in [0, 0.1) is 4.91 Å². The Labute approximate surface area is 75.0 Å². The summed E-state index contributed by atoms with van der Waals surface area (Å²) in [7, 11) is 0. The largest absolute Gasteiger partial charge is 0.253 e. The molecule has 1 unspecified atom stereocenters. The second-order valence-electron chi connectivity index (χ2n) is 2.92. The van der Waals surface area contributed by atoms with Gasteiger partial charge in [-0.1, -0.05) is 6.07 Å². The molecule has 1 aliphatic heterocycles. The van der Waals surface area contributed by atoms with Crippen LogP contribution < -0.4 is 0 Å². The van der Waals surface area contributed by atoms with Gasteiger partial charge >= 0.3 is 0 Å². The number of rotatable bonds is 2. The molecule has 1 saturated heterocycles. The summed E-state index contributed by atoms with van der Waals surface area (Å²) in [5.74, 6) is 0. The molecule has 64 valence electrons. The van der Waals surface area contributed by atoms with E-state index in [1.165, 1.54) is 4.88 Å². The van der Waals surface area contributed by atoms with Gasteiger partial charge in [-0.25, -0.2) is 0 Å². The van der Waals surface area contributed by atoms with Crippen LogP contribution in [0.5, 0.6) is 0 Å². The Kier molecular flexibility index (Phi) is 2.08. The number of thiophene rings is 1. The zero-order valence-corrected chi connectivity index (χ0v) is 7.46. The Morgan fingerprint density at radius 2 is 2.58 bits per heavy atom. The second-order valence-corrected chi connectivity index (χ2v) is 3.90. The van der Waals surface area contributed by atoms with Crippen LogP contribution in [0.3, 0.4) is 0 Å². The standard InChI is InChI=1S/C8H10N2OS/c11-9-10-5-1-3-7(10)8-4-2-6-12-8/h2,4,6-7H,1,3,5H2. The maximum Gasteiger partial charge on any atom is 0.0844 e. The zero-order chi connectivity index (χ0) is 8.39. The van der Waals surface area contributed by atoms with E-state index < -0.39 is 0 Å². The van der Waals surface area contributed by atoms with Crippen LogP contribution in [0.2, 0.25) is 0 Å². The van der Waals surface area contributed by atoms with Gasteiger partial charge in [0.05, 0.1) is 11.3 Å². The van der Waals surface area contributed by atoms with Gasteiger partial charge in [-0.15, -0.1) is 16.2 Å². The SMILES string of the molecule is O=NN1CCCC1c1cccs1. The highest BCUT2D eigenvalue weighted by Crippen LogP contribution is 2.34. The maximum absolute atomic E-state index is 10.4. The van der Waals surface area contributed by atoms with Crippen LogP contribution in [0.4, 0.5) is 0 Å². The minimum absolute atomic E-state index is 0.252. The van der Waals surface area contributed by atoms with E-state index in [0.717, 1.165) is 19.4 Å². The van der Waals surface area contributed by atoms with Crippen molar-refractivity contribution in [2.45, 2.75) is 18.9 Å². The molecular weight excluding hydrogens is 172 g/mol. The Morgan fingerprint density at radius 1 is 1.67 bits per heavy atom. The number of nitroso groups, excluding NO2 is 1. The van der Waals surface area contributed by atoms with E-state index in [0.29, 0.717) is 0 Å². The molecule has 1 fully saturated rings. The highest BCUT2D eigenvalue weighted by Gasteiger charge is 2.26. The van der Waals surface area contributed by atoms with E-state index in [-0.39, 0.29) is 6.04 Å². The Balaban J connectivity index is 2.18. The smallest absolute Gasteiger partial charge is 0.0844 e. The first-order valence-corrected chi connectivity index (χ1v) is 4.93. The third-order valence-corrected chi connectivity index (χ3v) is 3.17. The van der Waals surface area contributed by atoms with Gasteiger partial charge in [0, 0.05) is 11.4 Å². The predicted octanol–water partition coefficient (Wildman–Crippen LogP) is 2.57. The lowest BCUT2D eigenvalue weighted by Gasteiger charge is -2.15. The molecule has 2 heterocycles. The average Bonchev–Trinajstić information content (AvgIpc) is 2.74. The highest BCUT2D eigenvalue weighted by molar-refractivity contribution is 7.10. The third-order valence-electron chi connectivity index (χ3n) is 2.20. The van der Waals surface area contributed by atoms with Crippen LogP contribution in [-0.2, 0) is 0 Å². The summed E-state index contributed by atoms with van der Waals surface area (Å²) in [6.45, 7) is 0.812. The lowest BCUT2D eigenvalue weighted by molar-refractivity contribution is 0.270. The first-order chi connectivity index (χ1) is 5.92. The number of hydrogen-bond donors (Lipinski definition) is 0. The van der Waals surface area contributed by atoms with E-state index in [4.69, 9.17) is 0 Å². The molecule has 0 amide bonds. The topological polar surface area (TPSA) is 32.7 Å². The van der Waals surface area contributed by atoms with Crippen molar-refractivity contribution in [1.82, 2.24) is 5.01 Å². The van der Waals surface area contributed by atoms with Crippen molar-refractivity contribution in [1.29, 1.82) is 0 Å². The number of nitrogens with zero attached hydrogens (tertiary/aromatic N) is 2.